The number of benzene rings is 4. The van der Waals surface area contributed by atoms with Gasteiger partial charge >= 0.3 is 5.97 Å². The van der Waals surface area contributed by atoms with Crippen LogP contribution in [0.3, 0.4) is 0 Å². The largest absolute Gasteiger partial charge is 0.449 e. The summed E-state index contributed by atoms with van der Waals surface area (Å²) in [5, 5.41) is 8.18. The van der Waals surface area contributed by atoms with Crippen LogP contribution in [0.4, 0.5) is 5.13 Å². The molecular weight excluding hydrogens is 526 g/mol. The molecule has 0 bridgehead atoms. The quantitative estimate of drug-likeness (QED) is 0.205. The van der Waals surface area contributed by atoms with Crippen molar-refractivity contribution in [1.82, 2.24) is 9.97 Å². The van der Waals surface area contributed by atoms with E-state index < -0.39 is 18.0 Å². The average molecular weight is 550 g/mol. The predicted molar refractivity (Wildman–Crippen MR) is 158 cm³/mol. The van der Waals surface area contributed by atoms with Crippen LogP contribution in [0.25, 0.3) is 42.8 Å². The minimum atomic E-state index is -0.964. The average Bonchev–Trinajstić information content (AvgIpc) is 3.63. The molecular formula is C31H23N3O3S2. The van der Waals surface area contributed by atoms with Gasteiger partial charge in [-0.15, -0.1) is 22.7 Å². The van der Waals surface area contributed by atoms with Crippen molar-refractivity contribution in [2.24, 2.45) is 0 Å². The fourth-order valence-corrected chi connectivity index (χ4v) is 6.08. The van der Waals surface area contributed by atoms with E-state index in [2.05, 4.69) is 39.6 Å². The first kappa shape index (κ1) is 24.9. The first-order valence-electron chi connectivity index (χ1n) is 12.5. The van der Waals surface area contributed by atoms with E-state index in [0.29, 0.717) is 22.7 Å². The standard InChI is InChI=1S/C31H23N3O3S2/c1-2-26(28(35)34-31-33-25(18-38-31)21-16-15-19-9-3-4-10-20(19)17-21)37-30(36)23-12-6-5-11-22(23)29-32-24-13-7-8-14-27(24)39-29/h3-18,26H,2H2,1H3,(H,33,34,35). The number of para-hydroxylation sites is 1. The summed E-state index contributed by atoms with van der Waals surface area (Å²) in [7, 11) is 0. The molecule has 0 aliphatic rings. The number of hydrogen-bond acceptors (Lipinski definition) is 7. The molecule has 1 amide bonds. The summed E-state index contributed by atoms with van der Waals surface area (Å²) >= 11 is 2.84. The van der Waals surface area contributed by atoms with Crippen molar-refractivity contribution in [3.63, 3.8) is 0 Å². The van der Waals surface area contributed by atoms with Gasteiger partial charge < -0.3 is 4.74 Å². The van der Waals surface area contributed by atoms with Crippen molar-refractivity contribution in [3.05, 3.63) is 102 Å². The monoisotopic (exact) mass is 549 g/mol. The Morgan fingerprint density at radius 1 is 0.897 bits per heavy atom. The maximum Gasteiger partial charge on any atom is 0.339 e. The molecule has 6 nitrogen and oxygen atoms in total. The number of aromatic nitrogens is 2. The number of anilines is 1. The van der Waals surface area contributed by atoms with Crippen molar-refractivity contribution < 1.29 is 14.3 Å². The molecule has 192 valence electrons. The predicted octanol–water partition coefficient (Wildman–Crippen LogP) is 7.81. The lowest BCUT2D eigenvalue weighted by Gasteiger charge is -2.16. The summed E-state index contributed by atoms with van der Waals surface area (Å²) in [6.07, 6.45) is -0.641. The van der Waals surface area contributed by atoms with E-state index in [1.54, 1.807) is 19.1 Å². The maximum atomic E-state index is 13.2. The number of thiazole rings is 2. The lowest BCUT2D eigenvalue weighted by Crippen LogP contribution is -2.32. The van der Waals surface area contributed by atoms with Crippen LogP contribution in [0.5, 0.6) is 0 Å². The maximum absolute atomic E-state index is 13.2. The Balaban J connectivity index is 1.17. The summed E-state index contributed by atoms with van der Waals surface area (Å²) in [4.78, 5) is 35.6. The summed E-state index contributed by atoms with van der Waals surface area (Å²) in [6.45, 7) is 1.80. The Bertz CT molecular complexity index is 1790. The van der Waals surface area contributed by atoms with Crippen molar-refractivity contribution in [2.75, 3.05) is 5.32 Å². The van der Waals surface area contributed by atoms with E-state index >= 15 is 0 Å². The van der Waals surface area contributed by atoms with E-state index in [1.807, 2.05) is 60.0 Å². The Morgan fingerprint density at radius 3 is 2.51 bits per heavy atom. The smallest absolute Gasteiger partial charge is 0.339 e. The van der Waals surface area contributed by atoms with E-state index in [0.717, 1.165) is 37.3 Å². The highest BCUT2D eigenvalue weighted by Gasteiger charge is 2.25. The third-order valence-corrected chi connectivity index (χ3v) is 8.19. The number of fused-ring (bicyclic) bond motifs is 2. The fraction of sp³-hybridized carbons (Fsp3) is 0.0968. The molecule has 6 aromatic rings. The molecule has 1 atom stereocenters. The van der Waals surface area contributed by atoms with Crippen LogP contribution in [0.15, 0.2) is 96.4 Å². The summed E-state index contributed by atoms with van der Waals surface area (Å²) < 4.78 is 6.73. The highest BCUT2D eigenvalue weighted by atomic mass is 32.1. The molecule has 0 spiro atoms. The van der Waals surface area contributed by atoms with Crippen LogP contribution in [0.2, 0.25) is 0 Å². The molecule has 2 heterocycles. The van der Waals surface area contributed by atoms with Crippen LogP contribution < -0.4 is 5.32 Å². The second-order valence-electron chi connectivity index (χ2n) is 8.92. The zero-order chi connectivity index (χ0) is 26.8. The number of esters is 1. The van der Waals surface area contributed by atoms with Gasteiger partial charge in [0.15, 0.2) is 11.2 Å². The second-order valence-corrected chi connectivity index (χ2v) is 10.8. The number of rotatable bonds is 7. The number of carbonyl (C=O) groups is 2. The Labute approximate surface area is 232 Å². The molecule has 0 aliphatic carbocycles. The molecule has 0 saturated heterocycles. The minimum absolute atomic E-state index is 0.323. The molecule has 1 unspecified atom stereocenters. The highest BCUT2D eigenvalue weighted by molar-refractivity contribution is 7.21. The number of hydrogen-bond donors (Lipinski definition) is 1. The van der Waals surface area contributed by atoms with Crippen LogP contribution in [-0.4, -0.2) is 27.9 Å². The number of carbonyl (C=O) groups excluding carboxylic acids is 2. The molecule has 39 heavy (non-hydrogen) atoms. The van der Waals surface area contributed by atoms with E-state index in [4.69, 9.17) is 4.74 Å². The number of nitrogens with one attached hydrogen (secondary N) is 1. The molecule has 2 aromatic heterocycles. The van der Waals surface area contributed by atoms with Gasteiger partial charge in [0, 0.05) is 16.5 Å². The molecule has 8 heteroatoms. The van der Waals surface area contributed by atoms with Gasteiger partial charge in [-0.25, -0.2) is 14.8 Å². The lowest BCUT2D eigenvalue weighted by atomic mass is 10.1. The second kappa shape index (κ2) is 10.8. The SMILES string of the molecule is CCC(OC(=O)c1ccccc1-c1nc2ccccc2s1)C(=O)Nc1nc(-c2ccc3ccccc3c2)cs1. The number of nitrogens with zero attached hydrogens (tertiary/aromatic N) is 2. The first-order valence-corrected chi connectivity index (χ1v) is 14.2. The zero-order valence-electron chi connectivity index (χ0n) is 21.0. The molecule has 6 rings (SSSR count). The van der Waals surface area contributed by atoms with Crippen LogP contribution >= 0.6 is 22.7 Å². The number of ether oxygens (including phenoxy) is 1. The molecule has 0 saturated carbocycles. The molecule has 1 N–H and O–H groups in total. The molecule has 0 fully saturated rings. The van der Waals surface area contributed by atoms with E-state index in [1.165, 1.54) is 22.7 Å². The van der Waals surface area contributed by atoms with E-state index in [-0.39, 0.29) is 0 Å². The van der Waals surface area contributed by atoms with Gasteiger partial charge in [0.05, 0.1) is 21.5 Å². The van der Waals surface area contributed by atoms with E-state index in [9.17, 15) is 9.59 Å². The third-order valence-electron chi connectivity index (χ3n) is 6.36. The van der Waals surface area contributed by atoms with Gasteiger partial charge in [0.2, 0.25) is 0 Å². The summed E-state index contributed by atoms with van der Waals surface area (Å²) in [5.74, 6) is -0.981. The van der Waals surface area contributed by atoms with Crippen LogP contribution in [0.1, 0.15) is 23.7 Å². The van der Waals surface area contributed by atoms with Crippen molar-refractivity contribution >= 4 is 60.7 Å². The Hall–Kier alpha value is -4.40. The van der Waals surface area contributed by atoms with Gasteiger partial charge in [0.25, 0.3) is 5.91 Å². The van der Waals surface area contributed by atoms with Gasteiger partial charge in [-0.05, 0) is 41.5 Å². The first-order chi connectivity index (χ1) is 19.1. The summed E-state index contributed by atoms with van der Waals surface area (Å²) in [5.41, 5.74) is 3.67. The zero-order valence-corrected chi connectivity index (χ0v) is 22.6. The van der Waals surface area contributed by atoms with Gasteiger partial charge in [0.1, 0.15) is 5.01 Å². The molecule has 0 radical (unpaired) electrons. The Morgan fingerprint density at radius 2 is 1.67 bits per heavy atom. The summed E-state index contributed by atoms with van der Waals surface area (Å²) in [6, 6.07) is 29.3. The normalized spacial score (nSPS) is 11.9. The molecule has 0 aliphatic heterocycles. The minimum Gasteiger partial charge on any atom is -0.449 e. The van der Waals surface area contributed by atoms with Crippen LogP contribution in [0, 0.1) is 0 Å². The van der Waals surface area contributed by atoms with Crippen LogP contribution in [-0.2, 0) is 9.53 Å². The third kappa shape index (κ3) is 5.16. The van der Waals surface area contributed by atoms with Gasteiger partial charge in [-0.3, -0.25) is 10.1 Å². The Kier molecular flexibility index (Phi) is 6.87. The lowest BCUT2D eigenvalue weighted by molar-refractivity contribution is -0.124. The topological polar surface area (TPSA) is 81.2 Å². The fourth-order valence-electron chi connectivity index (χ4n) is 4.35. The molecule has 4 aromatic carbocycles. The van der Waals surface area contributed by atoms with Gasteiger partial charge in [-0.1, -0.05) is 73.7 Å². The van der Waals surface area contributed by atoms with Crippen molar-refractivity contribution in [3.8, 4) is 21.8 Å². The van der Waals surface area contributed by atoms with Crippen molar-refractivity contribution in [1.29, 1.82) is 0 Å². The van der Waals surface area contributed by atoms with Crippen molar-refractivity contribution in [2.45, 2.75) is 19.4 Å². The van der Waals surface area contributed by atoms with Gasteiger partial charge in [-0.2, -0.15) is 0 Å². The highest BCUT2D eigenvalue weighted by Crippen LogP contribution is 2.33. The number of amides is 1.